The minimum absolute atomic E-state index is 0.248. The molecule has 0 radical (unpaired) electrons. The van der Waals surface area contributed by atoms with Crippen LogP contribution in [0.15, 0.2) is 41.4 Å². The first kappa shape index (κ1) is 18.1. The minimum atomic E-state index is -0.642. The fourth-order valence-electron chi connectivity index (χ4n) is 2.13. The molecule has 2 aromatic rings. The highest BCUT2D eigenvalue weighted by Crippen LogP contribution is 2.30. The third-order valence-corrected chi connectivity index (χ3v) is 3.35. The maximum atomic E-state index is 11.7. The second-order valence-electron chi connectivity index (χ2n) is 5.42. The Bertz CT molecular complexity index is 813. The lowest BCUT2D eigenvalue weighted by molar-refractivity contribution is -0.385. The number of esters is 1. The smallest absolute Gasteiger partial charge is 0.338 e. The van der Waals surface area contributed by atoms with Crippen LogP contribution in [-0.4, -0.2) is 28.8 Å². The van der Waals surface area contributed by atoms with E-state index < -0.39 is 16.6 Å². The van der Waals surface area contributed by atoms with E-state index in [0.29, 0.717) is 23.4 Å². The van der Waals surface area contributed by atoms with Crippen LogP contribution in [0.25, 0.3) is 0 Å². The van der Waals surface area contributed by atoms with Gasteiger partial charge < -0.3 is 9.84 Å². The maximum absolute atomic E-state index is 11.7. The summed E-state index contributed by atoms with van der Waals surface area (Å²) in [5, 5.41) is 20.9. The van der Waals surface area contributed by atoms with E-state index in [-0.39, 0.29) is 11.3 Å². The first-order chi connectivity index (χ1) is 11.9. The zero-order valence-electron chi connectivity index (χ0n) is 13.9. The van der Waals surface area contributed by atoms with E-state index in [4.69, 9.17) is 4.74 Å². The quantitative estimate of drug-likeness (QED) is 0.371. The van der Waals surface area contributed by atoms with Gasteiger partial charge in [0.15, 0.2) is 0 Å². The molecule has 0 spiro atoms. The van der Waals surface area contributed by atoms with Gasteiger partial charge in [-0.2, -0.15) is 0 Å². The number of nitro benzene ring substituents is 1. The second-order valence-corrected chi connectivity index (χ2v) is 5.42. The Labute approximate surface area is 144 Å². The molecule has 0 saturated heterocycles. The molecule has 0 aliphatic rings. The number of hydrogen-bond donors (Lipinski definition) is 1. The van der Waals surface area contributed by atoms with Crippen LogP contribution in [-0.2, 0) is 4.74 Å². The number of phenols is 1. The zero-order valence-corrected chi connectivity index (χ0v) is 13.9. The number of carbonyl (C=O) groups is 1. The Morgan fingerprint density at radius 1 is 1.32 bits per heavy atom. The predicted octanol–water partition coefficient (Wildman–Crippen LogP) is 3.93. The van der Waals surface area contributed by atoms with Crippen LogP contribution in [0, 0.1) is 17.0 Å². The van der Waals surface area contributed by atoms with Gasteiger partial charge >= 0.3 is 11.7 Å². The zero-order chi connectivity index (χ0) is 18.4. The van der Waals surface area contributed by atoms with Gasteiger partial charge in [0.05, 0.1) is 22.8 Å². The third-order valence-electron chi connectivity index (χ3n) is 3.35. The van der Waals surface area contributed by atoms with Gasteiger partial charge in [-0.3, -0.25) is 15.1 Å². The number of aliphatic imine (C=N–C) groups is 1. The molecule has 1 N–H and O–H groups in total. The standard InChI is InChI=1S/C18H18N2O5/c1-3-8-25-18(22)13-4-6-15(7-5-13)19-11-14-9-12(2)10-16(17(14)21)20(23)24/h4-7,9-11,21H,3,8H2,1-2H3. The molecule has 0 atom stereocenters. The Balaban J connectivity index is 2.20. The second kappa shape index (κ2) is 8.05. The van der Waals surface area contributed by atoms with E-state index >= 15 is 0 Å². The molecular weight excluding hydrogens is 324 g/mol. The Morgan fingerprint density at radius 3 is 2.60 bits per heavy atom. The SMILES string of the molecule is CCCOC(=O)c1ccc(N=Cc2cc(C)cc([N+](=O)[O-])c2O)cc1. The fourth-order valence-corrected chi connectivity index (χ4v) is 2.13. The number of phenolic OH excluding ortho intramolecular Hbond substituents is 1. The van der Waals surface area contributed by atoms with Crippen molar-refractivity contribution >= 4 is 23.6 Å². The molecule has 7 heteroatoms. The largest absolute Gasteiger partial charge is 0.502 e. The first-order valence-corrected chi connectivity index (χ1v) is 7.71. The number of hydrogen-bond acceptors (Lipinski definition) is 6. The number of nitrogens with zero attached hydrogens (tertiary/aromatic N) is 2. The molecule has 0 amide bonds. The normalized spacial score (nSPS) is 10.8. The number of aromatic hydroxyl groups is 1. The molecule has 0 heterocycles. The molecule has 25 heavy (non-hydrogen) atoms. The van der Waals surface area contributed by atoms with E-state index in [2.05, 4.69) is 4.99 Å². The van der Waals surface area contributed by atoms with E-state index in [0.717, 1.165) is 6.42 Å². The highest BCUT2D eigenvalue weighted by Gasteiger charge is 2.17. The van der Waals surface area contributed by atoms with E-state index in [9.17, 15) is 20.0 Å². The van der Waals surface area contributed by atoms with Crippen molar-refractivity contribution in [2.75, 3.05) is 6.61 Å². The fraction of sp³-hybridized carbons (Fsp3) is 0.222. The topological polar surface area (TPSA) is 102 Å². The van der Waals surface area contributed by atoms with Crippen molar-refractivity contribution < 1.29 is 19.6 Å². The van der Waals surface area contributed by atoms with Gasteiger partial charge in [-0.1, -0.05) is 6.92 Å². The van der Waals surface area contributed by atoms with E-state index in [1.165, 1.54) is 12.3 Å². The van der Waals surface area contributed by atoms with Gasteiger partial charge in [0, 0.05) is 17.8 Å². The monoisotopic (exact) mass is 342 g/mol. The lowest BCUT2D eigenvalue weighted by Crippen LogP contribution is -2.05. The number of benzene rings is 2. The number of carbonyl (C=O) groups excluding carboxylic acids is 1. The summed E-state index contributed by atoms with van der Waals surface area (Å²) in [4.78, 5) is 26.2. The number of ether oxygens (including phenoxy) is 1. The summed E-state index contributed by atoms with van der Waals surface area (Å²) >= 11 is 0. The number of rotatable bonds is 6. The summed E-state index contributed by atoms with van der Waals surface area (Å²) in [5.74, 6) is -0.830. The van der Waals surface area contributed by atoms with Gasteiger partial charge in [0.2, 0.25) is 5.75 Å². The summed E-state index contributed by atoms with van der Waals surface area (Å²) in [7, 11) is 0. The van der Waals surface area contributed by atoms with Crippen LogP contribution in [0.1, 0.15) is 34.8 Å². The molecular formula is C18H18N2O5. The van der Waals surface area contributed by atoms with Gasteiger partial charge in [-0.25, -0.2) is 4.79 Å². The Kier molecular flexibility index (Phi) is 5.84. The average molecular weight is 342 g/mol. The third kappa shape index (κ3) is 4.63. The van der Waals surface area contributed by atoms with Crippen molar-refractivity contribution in [1.82, 2.24) is 0 Å². The van der Waals surface area contributed by atoms with Crippen LogP contribution in [0.3, 0.4) is 0 Å². The minimum Gasteiger partial charge on any atom is -0.502 e. The number of aryl methyl sites for hydroxylation is 1. The molecule has 7 nitrogen and oxygen atoms in total. The summed E-state index contributed by atoms with van der Waals surface area (Å²) in [6, 6.07) is 9.32. The summed E-state index contributed by atoms with van der Waals surface area (Å²) in [6.45, 7) is 3.97. The van der Waals surface area contributed by atoms with Crippen molar-refractivity contribution in [2.24, 2.45) is 4.99 Å². The van der Waals surface area contributed by atoms with Gasteiger partial charge in [-0.15, -0.1) is 0 Å². The van der Waals surface area contributed by atoms with Gasteiger partial charge in [0.1, 0.15) is 0 Å². The van der Waals surface area contributed by atoms with Crippen LogP contribution in [0.5, 0.6) is 5.75 Å². The van der Waals surface area contributed by atoms with Crippen LogP contribution in [0.4, 0.5) is 11.4 Å². The summed E-state index contributed by atoms with van der Waals surface area (Å²) in [5.41, 5.74) is 1.48. The molecule has 0 aliphatic heterocycles. The predicted molar refractivity (Wildman–Crippen MR) is 93.8 cm³/mol. The van der Waals surface area contributed by atoms with Crippen LogP contribution in [0.2, 0.25) is 0 Å². The Hall–Kier alpha value is -3.22. The van der Waals surface area contributed by atoms with E-state index in [1.54, 1.807) is 37.3 Å². The van der Waals surface area contributed by atoms with Crippen LogP contribution < -0.4 is 0 Å². The van der Waals surface area contributed by atoms with Crippen molar-refractivity contribution in [2.45, 2.75) is 20.3 Å². The molecule has 0 saturated carbocycles. The van der Waals surface area contributed by atoms with E-state index in [1.807, 2.05) is 6.92 Å². The molecule has 0 unspecified atom stereocenters. The average Bonchev–Trinajstić information content (AvgIpc) is 2.60. The van der Waals surface area contributed by atoms with Crippen molar-refractivity contribution in [3.05, 3.63) is 63.2 Å². The molecule has 0 bridgehead atoms. The van der Waals surface area contributed by atoms with Crippen molar-refractivity contribution in [3.8, 4) is 5.75 Å². The highest BCUT2D eigenvalue weighted by atomic mass is 16.6. The highest BCUT2D eigenvalue weighted by molar-refractivity contribution is 5.90. The number of nitro groups is 1. The van der Waals surface area contributed by atoms with Gasteiger partial charge in [0.25, 0.3) is 0 Å². The molecule has 2 aromatic carbocycles. The molecule has 130 valence electrons. The first-order valence-electron chi connectivity index (χ1n) is 7.71. The summed E-state index contributed by atoms with van der Waals surface area (Å²) < 4.78 is 5.04. The molecule has 0 fully saturated rings. The molecule has 0 aromatic heterocycles. The van der Waals surface area contributed by atoms with Gasteiger partial charge in [-0.05, 0) is 49.2 Å². The van der Waals surface area contributed by atoms with Crippen molar-refractivity contribution in [3.63, 3.8) is 0 Å². The summed E-state index contributed by atoms with van der Waals surface area (Å²) in [6.07, 6.45) is 2.10. The van der Waals surface area contributed by atoms with Crippen LogP contribution >= 0.6 is 0 Å². The lowest BCUT2D eigenvalue weighted by atomic mass is 10.1. The van der Waals surface area contributed by atoms with Crippen molar-refractivity contribution in [1.29, 1.82) is 0 Å². The maximum Gasteiger partial charge on any atom is 0.338 e. The lowest BCUT2D eigenvalue weighted by Gasteiger charge is -2.04. The molecule has 0 aliphatic carbocycles. The molecule has 2 rings (SSSR count). The Morgan fingerprint density at radius 2 is 2.00 bits per heavy atom.